The summed E-state index contributed by atoms with van der Waals surface area (Å²) in [6.07, 6.45) is 0.289. The van der Waals surface area contributed by atoms with E-state index in [9.17, 15) is 28.6 Å². The molecule has 1 atom stereocenters. The predicted octanol–water partition coefficient (Wildman–Crippen LogP) is 3.21. The van der Waals surface area contributed by atoms with E-state index in [0.717, 1.165) is 17.7 Å². The highest BCUT2D eigenvalue weighted by molar-refractivity contribution is 7.89. The smallest absolute Gasteiger partial charge is 0.296 e. The van der Waals surface area contributed by atoms with Gasteiger partial charge < -0.3 is 4.74 Å². The first-order valence-electron chi connectivity index (χ1n) is 9.02. The molecule has 0 amide bonds. The second-order valence-corrected chi connectivity index (χ2v) is 9.28. The van der Waals surface area contributed by atoms with Crippen molar-refractivity contribution < 1.29 is 23.0 Å². The minimum atomic E-state index is -4.36. The highest BCUT2D eigenvalue weighted by Gasteiger charge is 2.31. The van der Waals surface area contributed by atoms with E-state index >= 15 is 0 Å². The van der Waals surface area contributed by atoms with Crippen molar-refractivity contribution in [1.82, 2.24) is 4.72 Å². The molecular formula is C19H23N3O7S. The third kappa shape index (κ3) is 6.58. The highest BCUT2D eigenvalue weighted by atomic mass is 32.2. The molecule has 0 radical (unpaired) electrons. The van der Waals surface area contributed by atoms with Crippen molar-refractivity contribution in [2.24, 2.45) is 0 Å². The maximum Gasteiger partial charge on any atom is 0.296 e. The fourth-order valence-corrected chi connectivity index (χ4v) is 4.03. The van der Waals surface area contributed by atoms with Crippen LogP contribution in [0, 0.1) is 20.2 Å². The Kier molecular flexibility index (Phi) is 7.24. The van der Waals surface area contributed by atoms with Gasteiger partial charge in [-0.15, -0.1) is 0 Å². The van der Waals surface area contributed by atoms with Crippen LogP contribution in [0.2, 0.25) is 0 Å². The van der Waals surface area contributed by atoms with Gasteiger partial charge in [-0.05, 0) is 38.8 Å². The molecule has 2 aromatic carbocycles. The van der Waals surface area contributed by atoms with E-state index < -0.39 is 47.8 Å². The van der Waals surface area contributed by atoms with Crippen LogP contribution in [0.3, 0.4) is 0 Å². The average molecular weight is 437 g/mol. The van der Waals surface area contributed by atoms with E-state index in [1.807, 2.05) is 51.1 Å². The lowest BCUT2D eigenvalue weighted by Gasteiger charge is -2.25. The Bertz CT molecular complexity index is 1020. The zero-order chi connectivity index (χ0) is 22.5. The molecule has 0 spiro atoms. The minimum absolute atomic E-state index is 0.0262. The Morgan fingerprint density at radius 1 is 1.03 bits per heavy atom. The third-order valence-electron chi connectivity index (χ3n) is 4.00. The van der Waals surface area contributed by atoms with Crippen molar-refractivity contribution in [2.45, 2.75) is 43.7 Å². The molecule has 0 aliphatic carbocycles. The van der Waals surface area contributed by atoms with E-state index in [-0.39, 0.29) is 13.0 Å². The first-order chi connectivity index (χ1) is 13.9. The van der Waals surface area contributed by atoms with Gasteiger partial charge in [0.1, 0.15) is 0 Å². The van der Waals surface area contributed by atoms with Crippen LogP contribution in [0.25, 0.3) is 0 Å². The molecule has 0 saturated heterocycles. The van der Waals surface area contributed by atoms with E-state index in [1.165, 1.54) is 0 Å². The molecule has 0 unspecified atom stereocenters. The average Bonchev–Trinajstić information content (AvgIpc) is 2.65. The summed E-state index contributed by atoms with van der Waals surface area (Å²) in [5, 5.41) is 22.2. The summed E-state index contributed by atoms with van der Waals surface area (Å²) in [5.74, 6) is 0. The minimum Gasteiger partial charge on any atom is -0.374 e. The van der Waals surface area contributed by atoms with Gasteiger partial charge in [0.2, 0.25) is 10.0 Å². The van der Waals surface area contributed by atoms with Crippen molar-refractivity contribution in [1.29, 1.82) is 0 Å². The second kappa shape index (κ2) is 9.28. The SMILES string of the molecule is CC(C)(C)OC[C@H](Cc1ccccc1)NS(=O)(=O)c1ccc([N+](=O)[O-])cc1[N+](=O)[O-]. The number of hydrogen-bond acceptors (Lipinski definition) is 7. The maximum atomic E-state index is 12.9. The number of ether oxygens (including phenoxy) is 1. The Morgan fingerprint density at radius 2 is 1.67 bits per heavy atom. The summed E-state index contributed by atoms with van der Waals surface area (Å²) in [7, 11) is -4.36. The fourth-order valence-electron chi connectivity index (χ4n) is 2.66. The molecule has 0 aliphatic heterocycles. The van der Waals surface area contributed by atoms with Gasteiger partial charge in [-0.2, -0.15) is 0 Å². The summed E-state index contributed by atoms with van der Waals surface area (Å²) in [6, 6.07) is 10.8. The predicted molar refractivity (Wildman–Crippen MR) is 110 cm³/mol. The van der Waals surface area contributed by atoms with Crippen LogP contribution in [0.15, 0.2) is 53.4 Å². The van der Waals surface area contributed by atoms with E-state index in [2.05, 4.69) is 4.72 Å². The van der Waals surface area contributed by atoms with Gasteiger partial charge in [-0.3, -0.25) is 20.2 Å². The molecule has 30 heavy (non-hydrogen) atoms. The molecule has 1 N–H and O–H groups in total. The molecule has 0 heterocycles. The number of benzene rings is 2. The standard InChI is InChI=1S/C19H23N3O7S/c1-19(2,3)29-13-15(11-14-7-5-4-6-8-14)20-30(27,28)18-10-9-16(21(23)24)12-17(18)22(25)26/h4-10,12,15,20H,11,13H2,1-3H3/t15-/m0/s1. The van der Waals surface area contributed by atoms with Crippen molar-refractivity contribution in [3.05, 3.63) is 74.3 Å². The van der Waals surface area contributed by atoms with Crippen LogP contribution in [0.1, 0.15) is 26.3 Å². The Hall–Kier alpha value is -2.89. The quantitative estimate of drug-likeness (QED) is 0.469. The monoisotopic (exact) mass is 437 g/mol. The zero-order valence-electron chi connectivity index (χ0n) is 16.8. The van der Waals surface area contributed by atoms with Crippen LogP contribution in [0.4, 0.5) is 11.4 Å². The molecule has 11 heteroatoms. The Morgan fingerprint density at radius 3 is 2.20 bits per heavy atom. The van der Waals surface area contributed by atoms with Crippen molar-refractivity contribution >= 4 is 21.4 Å². The van der Waals surface area contributed by atoms with Crippen LogP contribution in [0.5, 0.6) is 0 Å². The number of nitrogens with one attached hydrogen (secondary N) is 1. The van der Waals surface area contributed by atoms with Crippen LogP contribution in [-0.2, 0) is 21.2 Å². The molecule has 2 aromatic rings. The van der Waals surface area contributed by atoms with Crippen LogP contribution < -0.4 is 4.72 Å². The maximum absolute atomic E-state index is 12.9. The summed E-state index contributed by atoms with van der Waals surface area (Å²) in [4.78, 5) is 19.8. The number of nitro benzene ring substituents is 2. The molecule has 0 fully saturated rings. The van der Waals surface area contributed by atoms with Gasteiger partial charge in [0, 0.05) is 12.1 Å². The van der Waals surface area contributed by atoms with Crippen molar-refractivity contribution in [3.8, 4) is 0 Å². The summed E-state index contributed by atoms with van der Waals surface area (Å²) < 4.78 is 34.0. The van der Waals surface area contributed by atoms with E-state index in [4.69, 9.17) is 4.74 Å². The third-order valence-corrected chi connectivity index (χ3v) is 5.57. The van der Waals surface area contributed by atoms with Gasteiger partial charge in [0.15, 0.2) is 4.90 Å². The number of rotatable bonds is 9. The number of non-ortho nitro benzene ring substituents is 1. The Labute approximate surface area is 174 Å². The first-order valence-corrected chi connectivity index (χ1v) is 10.5. The normalized spacial score (nSPS) is 13.0. The van der Waals surface area contributed by atoms with Gasteiger partial charge in [0.05, 0.1) is 28.1 Å². The molecule has 0 bridgehead atoms. The number of hydrogen-bond donors (Lipinski definition) is 1. The first kappa shape index (κ1) is 23.4. The number of nitro groups is 2. The molecule has 10 nitrogen and oxygen atoms in total. The lowest BCUT2D eigenvalue weighted by Crippen LogP contribution is -2.41. The van der Waals surface area contributed by atoms with E-state index in [1.54, 1.807) is 0 Å². The topological polar surface area (TPSA) is 142 Å². The lowest BCUT2D eigenvalue weighted by atomic mass is 10.1. The molecule has 162 valence electrons. The second-order valence-electron chi connectivity index (χ2n) is 7.60. The van der Waals surface area contributed by atoms with Crippen LogP contribution >= 0.6 is 0 Å². The molecule has 0 aromatic heterocycles. The highest BCUT2D eigenvalue weighted by Crippen LogP contribution is 2.28. The molecule has 0 saturated carbocycles. The summed E-state index contributed by atoms with van der Waals surface area (Å²) in [5.41, 5.74) is -1.12. The fraction of sp³-hybridized carbons (Fsp3) is 0.368. The number of sulfonamides is 1. The number of nitrogens with zero attached hydrogens (tertiary/aromatic N) is 2. The van der Waals surface area contributed by atoms with Gasteiger partial charge >= 0.3 is 0 Å². The molecule has 2 rings (SSSR count). The largest absolute Gasteiger partial charge is 0.374 e. The van der Waals surface area contributed by atoms with E-state index in [0.29, 0.717) is 6.07 Å². The zero-order valence-corrected chi connectivity index (χ0v) is 17.6. The summed E-state index contributed by atoms with van der Waals surface area (Å²) >= 11 is 0. The van der Waals surface area contributed by atoms with Crippen molar-refractivity contribution in [2.75, 3.05) is 6.61 Å². The van der Waals surface area contributed by atoms with Gasteiger partial charge in [-0.1, -0.05) is 30.3 Å². The molecular weight excluding hydrogens is 414 g/mol. The van der Waals surface area contributed by atoms with Crippen LogP contribution in [-0.4, -0.2) is 36.5 Å². The van der Waals surface area contributed by atoms with Crippen molar-refractivity contribution in [3.63, 3.8) is 0 Å². The lowest BCUT2D eigenvalue weighted by molar-refractivity contribution is -0.396. The Balaban J connectivity index is 2.37. The van der Waals surface area contributed by atoms with Gasteiger partial charge in [0.25, 0.3) is 11.4 Å². The molecule has 0 aliphatic rings. The summed E-state index contributed by atoms with van der Waals surface area (Å²) in [6.45, 7) is 5.49. The van der Waals surface area contributed by atoms with Gasteiger partial charge in [-0.25, -0.2) is 13.1 Å².